The number of hydrogen-bond acceptors (Lipinski definition) is 6. The molecule has 3 fully saturated rings. The predicted molar refractivity (Wildman–Crippen MR) is 127 cm³/mol. The van der Waals surface area contributed by atoms with Gasteiger partial charge in [0.05, 0.1) is 18.2 Å². The first kappa shape index (κ1) is 24.4. The minimum Gasteiger partial charge on any atom is -0.379 e. The number of nitrogens with one attached hydrogen (secondary N) is 2. The molecule has 0 atom stereocenters. The molecule has 0 unspecified atom stereocenters. The molecule has 184 valence electrons. The number of thiophene rings is 1. The molecule has 3 aliphatic rings. The summed E-state index contributed by atoms with van der Waals surface area (Å²) in [6.45, 7) is 2.49. The molecule has 1 aromatic rings. The quantitative estimate of drug-likeness (QED) is 0.607. The first-order chi connectivity index (χ1) is 15.9. The molecule has 2 aliphatic heterocycles. The minimum atomic E-state index is -3.57. The van der Waals surface area contributed by atoms with Gasteiger partial charge in [-0.1, -0.05) is 25.7 Å². The highest BCUT2D eigenvalue weighted by Gasteiger charge is 2.30. The fourth-order valence-corrected chi connectivity index (χ4v) is 7.47. The average molecular weight is 499 g/mol. The van der Waals surface area contributed by atoms with Crippen molar-refractivity contribution in [2.45, 2.75) is 61.6 Å². The average Bonchev–Trinajstić information content (AvgIpc) is 3.16. The summed E-state index contributed by atoms with van der Waals surface area (Å²) in [5, 5.41) is 6.55. The number of carbonyl (C=O) groups is 2. The Bertz CT molecular complexity index is 913. The standard InChI is InChI=1S/C22H34N4O5S2/c27-21(23-18-5-3-1-2-4-6-18)17-9-11-25(12-10-17)22(28)24-19-7-8-20(32-19)33(29,30)26-13-15-31-16-14-26/h7-8,17-18H,1-6,9-16H2,(H,23,27)(H,24,28). The Morgan fingerprint density at radius 1 is 0.939 bits per heavy atom. The van der Waals surface area contributed by atoms with Crippen LogP contribution in [0.15, 0.2) is 16.3 Å². The zero-order valence-electron chi connectivity index (χ0n) is 19.0. The number of nitrogens with zero attached hydrogens (tertiary/aromatic N) is 2. The van der Waals surface area contributed by atoms with Crippen LogP contribution in [0.4, 0.5) is 9.80 Å². The van der Waals surface area contributed by atoms with Crippen molar-refractivity contribution in [1.29, 1.82) is 0 Å². The van der Waals surface area contributed by atoms with Gasteiger partial charge in [-0.2, -0.15) is 4.31 Å². The third kappa shape index (κ3) is 6.26. The second kappa shape index (κ2) is 11.2. The van der Waals surface area contributed by atoms with Gasteiger partial charge in [0, 0.05) is 38.1 Å². The fourth-order valence-electron chi connectivity index (χ4n) is 4.71. The number of likely N-dealkylation sites (tertiary alicyclic amines) is 1. The summed E-state index contributed by atoms with van der Waals surface area (Å²) in [5.41, 5.74) is 0. The van der Waals surface area contributed by atoms with Gasteiger partial charge in [0.25, 0.3) is 10.0 Å². The number of amides is 3. The third-order valence-corrected chi connectivity index (χ3v) is 10.1. The molecule has 3 heterocycles. The van der Waals surface area contributed by atoms with Gasteiger partial charge in [-0.3, -0.25) is 10.1 Å². The van der Waals surface area contributed by atoms with Gasteiger partial charge >= 0.3 is 6.03 Å². The molecule has 11 heteroatoms. The smallest absolute Gasteiger partial charge is 0.322 e. The van der Waals surface area contributed by atoms with Crippen molar-refractivity contribution in [3.8, 4) is 0 Å². The van der Waals surface area contributed by atoms with E-state index in [0.717, 1.165) is 24.2 Å². The molecule has 1 aliphatic carbocycles. The van der Waals surface area contributed by atoms with Crippen LogP contribution in [0.5, 0.6) is 0 Å². The SMILES string of the molecule is O=C(NC1CCCCCC1)C1CCN(C(=O)Nc2ccc(S(=O)(=O)N3CCOCC3)s2)CC1. The van der Waals surface area contributed by atoms with E-state index in [2.05, 4.69) is 10.6 Å². The lowest BCUT2D eigenvalue weighted by molar-refractivity contribution is -0.127. The molecule has 2 saturated heterocycles. The summed E-state index contributed by atoms with van der Waals surface area (Å²) in [6.07, 6.45) is 8.30. The minimum absolute atomic E-state index is 0.0516. The van der Waals surface area contributed by atoms with Gasteiger partial charge in [-0.25, -0.2) is 13.2 Å². The van der Waals surface area contributed by atoms with E-state index >= 15 is 0 Å². The van der Waals surface area contributed by atoms with Crippen molar-refractivity contribution in [2.24, 2.45) is 5.92 Å². The first-order valence-corrected chi connectivity index (χ1v) is 14.2. The van der Waals surface area contributed by atoms with Gasteiger partial charge in [0.2, 0.25) is 5.91 Å². The lowest BCUT2D eigenvalue weighted by Crippen LogP contribution is -2.46. The third-order valence-electron chi connectivity index (χ3n) is 6.73. The number of ether oxygens (including phenoxy) is 1. The zero-order chi connectivity index (χ0) is 23.3. The van der Waals surface area contributed by atoms with Crippen LogP contribution in [-0.4, -0.2) is 75.0 Å². The molecule has 3 amide bonds. The Labute approximate surface area is 199 Å². The molecule has 1 aromatic heterocycles. The van der Waals surface area contributed by atoms with Gasteiger partial charge in [0.15, 0.2) is 0 Å². The normalized spacial score (nSPS) is 22.0. The Morgan fingerprint density at radius 2 is 1.61 bits per heavy atom. The van der Waals surface area contributed by atoms with E-state index in [9.17, 15) is 18.0 Å². The lowest BCUT2D eigenvalue weighted by atomic mass is 9.95. The molecule has 2 N–H and O–H groups in total. The Hall–Kier alpha value is -1.69. The second-order valence-electron chi connectivity index (χ2n) is 9.02. The van der Waals surface area contributed by atoms with Gasteiger partial charge in [-0.15, -0.1) is 11.3 Å². The summed E-state index contributed by atoms with van der Waals surface area (Å²) in [5.74, 6) is 0.0717. The Morgan fingerprint density at radius 3 is 2.27 bits per heavy atom. The molecule has 0 bridgehead atoms. The van der Waals surface area contributed by atoms with E-state index in [-0.39, 0.29) is 22.1 Å². The van der Waals surface area contributed by atoms with Crippen LogP contribution in [0, 0.1) is 5.92 Å². The number of morpholine rings is 1. The summed E-state index contributed by atoms with van der Waals surface area (Å²) in [6, 6.07) is 3.20. The van der Waals surface area contributed by atoms with Crippen LogP contribution in [-0.2, 0) is 19.6 Å². The zero-order valence-corrected chi connectivity index (χ0v) is 20.6. The summed E-state index contributed by atoms with van der Waals surface area (Å²) in [4.78, 5) is 27.1. The molecule has 0 spiro atoms. The molecular weight excluding hydrogens is 464 g/mol. The molecular formula is C22H34N4O5S2. The Kier molecular flexibility index (Phi) is 8.26. The van der Waals surface area contributed by atoms with Gasteiger partial charge in [0.1, 0.15) is 4.21 Å². The molecule has 1 saturated carbocycles. The van der Waals surface area contributed by atoms with Crippen molar-refractivity contribution in [2.75, 3.05) is 44.7 Å². The van der Waals surface area contributed by atoms with Crippen LogP contribution >= 0.6 is 11.3 Å². The molecule has 4 rings (SSSR count). The largest absolute Gasteiger partial charge is 0.379 e. The second-order valence-corrected chi connectivity index (χ2v) is 12.3. The van der Waals surface area contributed by atoms with Crippen LogP contribution < -0.4 is 10.6 Å². The first-order valence-electron chi connectivity index (χ1n) is 12.0. The van der Waals surface area contributed by atoms with Gasteiger partial charge in [-0.05, 0) is 37.8 Å². The van der Waals surface area contributed by atoms with Gasteiger partial charge < -0.3 is 15.0 Å². The van der Waals surface area contributed by atoms with Crippen molar-refractivity contribution in [1.82, 2.24) is 14.5 Å². The van der Waals surface area contributed by atoms with E-state index in [1.165, 1.54) is 36.1 Å². The maximum Gasteiger partial charge on any atom is 0.322 e. The molecule has 0 aromatic carbocycles. The van der Waals surface area contributed by atoms with E-state index in [4.69, 9.17) is 4.74 Å². The van der Waals surface area contributed by atoms with E-state index in [1.54, 1.807) is 11.0 Å². The number of rotatable bonds is 5. The van der Waals surface area contributed by atoms with Crippen molar-refractivity contribution in [3.63, 3.8) is 0 Å². The maximum atomic E-state index is 12.8. The van der Waals surface area contributed by atoms with Crippen LogP contribution in [0.3, 0.4) is 0 Å². The predicted octanol–water partition coefficient (Wildman–Crippen LogP) is 2.85. The maximum absolute atomic E-state index is 12.8. The lowest BCUT2D eigenvalue weighted by Gasteiger charge is -2.32. The van der Waals surface area contributed by atoms with E-state index in [0.29, 0.717) is 63.3 Å². The fraction of sp³-hybridized carbons (Fsp3) is 0.727. The number of carbonyl (C=O) groups excluding carboxylic acids is 2. The summed E-state index contributed by atoms with van der Waals surface area (Å²) >= 11 is 1.06. The molecule has 9 nitrogen and oxygen atoms in total. The number of urea groups is 1. The summed E-state index contributed by atoms with van der Waals surface area (Å²) in [7, 11) is -3.57. The molecule has 0 radical (unpaired) electrons. The highest BCUT2D eigenvalue weighted by molar-refractivity contribution is 7.91. The molecule has 33 heavy (non-hydrogen) atoms. The Balaban J connectivity index is 1.25. The van der Waals surface area contributed by atoms with Crippen LogP contribution in [0.2, 0.25) is 0 Å². The van der Waals surface area contributed by atoms with Crippen LogP contribution in [0.25, 0.3) is 0 Å². The number of piperidine rings is 1. The number of hydrogen-bond donors (Lipinski definition) is 2. The number of anilines is 1. The van der Waals surface area contributed by atoms with Crippen molar-refractivity contribution >= 4 is 38.3 Å². The van der Waals surface area contributed by atoms with Crippen molar-refractivity contribution in [3.05, 3.63) is 12.1 Å². The van der Waals surface area contributed by atoms with E-state index < -0.39 is 10.0 Å². The summed E-state index contributed by atoms with van der Waals surface area (Å²) < 4.78 is 32.4. The van der Waals surface area contributed by atoms with E-state index in [1.807, 2.05) is 0 Å². The monoisotopic (exact) mass is 498 g/mol. The topological polar surface area (TPSA) is 108 Å². The van der Waals surface area contributed by atoms with Crippen LogP contribution in [0.1, 0.15) is 51.4 Å². The highest BCUT2D eigenvalue weighted by atomic mass is 32.2. The van der Waals surface area contributed by atoms with Crippen molar-refractivity contribution < 1.29 is 22.7 Å². The number of sulfonamides is 1. The highest BCUT2D eigenvalue weighted by Crippen LogP contribution is 2.29.